The number of hydrogen-bond acceptors (Lipinski definition) is 2. The van der Waals surface area contributed by atoms with Gasteiger partial charge in [-0.25, -0.2) is 0 Å². The molecule has 0 radical (unpaired) electrons. The zero-order valence-electron chi connectivity index (χ0n) is 11.9. The van der Waals surface area contributed by atoms with Crippen molar-refractivity contribution in [2.45, 2.75) is 26.4 Å². The Morgan fingerprint density at radius 1 is 1.10 bits per heavy atom. The van der Waals surface area contributed by atoms with Gasteiger partial charge >= 0.3 is 0 Å². The van der Waals surface area contributed by atoms with Gasteiger partial charge in [-0.05, 0) is 31.5 Å². The third-order valence-corrected chi connectivity index (χ3v) is 3.97. The van der Waals surface area contributed by atoms with E-state index in [-0.39, 0.29) is 6.04 Å². The van der Waals surface area contributed by atoms with Gasteiger partial charge < -0.3 is 10.1 Å². The van der Waals surface area contributed by atoms with Gasteiger partial charge in [0.05, 0.1) is 6.61 Å². The van der Waals surface area contributed by atoms with E-state index in [4.69, 9.17) is 4.74 Å². The molecule has 2 aromatic rings. The third-order valence-electron chi connectivity index (χ3n) is 3.24. The van der Waals surface area contributed by atoms with E-state index in [1.807, 2.05) is 31.2 Å². The van der Waals surface area contributed by atoms with Crippen molar-refractivity contribution in [3.05, 3.63) is 64.1 Å². The predicted molar refractivity (Wildman–Crippen MR) is 87.0 cm³/mol. The summed E-state index contributed by atoms with van der Waals surface area (Å²) in [6, 6.07) is 16.7. The van der Waals surface area contributed by atoms with Crippen LogP contribution in [-0.4, -0.2) is 6.61 Å². The van der Waals surface area contributed by atoms with Gasteiger partial charge in [-0.1, -0.05) is 52.3 Å². The number of para-hydroxylation sites is 1. The largest absolute Gasteiger partial charge is 0.494 e. The lowest BCUT2D eigenvalue weighted by Gasteiger charge is -2.17. The standard InChI is InChI=1S/C17H20BrNO/c1-3-20-17-11-7-4-8-14(17)12-19-13(2)15-9-5-6-10-16(15)18/h4-11,13,19H,3,12H2,1-2H3/t13-/m1/s1. The minimum atomic E-state index is 0.278. The molecule has 0 saturated heterocycles. The summed E-state index contributed by atoms with van der Waals surface area (Å²) < 4.78 is 6.79. The van der Waals surface area contributed by atoms with Crippen LogP contribution in [0.4, 0.5) is 0 Å². The fourth-order valence-electron chi connectivity index (χ4n) is 2.15. The SMILES string of the molecule is CCOc1ccccc1CN[C@H](C)c1ccccc1Br. The van der Waals surface area contributed by atoms with Gasteiger partial charge in [0.1, 0.15) is 5.75 Å². The maximum Gasteiger partial charge on any atom is 0.123 e. The van der Waals surface area contributed by atoms with Crippen molar-refractivity contribution in [3.63, 3.8) is 0 Å². The van der Waals surface area contributed by atoms with Crippen LogP contribution in [0.3, 0.4) is 0 Å². The fourth-order valence-corrected chi connectivity index (χ4v) is 2.77. The van der Waals surface area contributed by atoms with Crippen LogP contribution in [0.25, 0.3) is 0 Å². The molecule has 0 saturated carbocycles. The smallest absolute Gasteiger partial charge is 0.123 e. The molecule has 0 aliphatic heterocycles. The van der Waals surface area contributed by atoms with Gasteiger partial charge in [0, 0.05) is 22.6 Å². The van der Waals surface area contributed by atoms with Crippen molar-refractivity contribution >= 4 is 15.9 Å². The van der Waals surface area contributed by atoms with Gasteiger partial charge in [-0.15, -0.1) is 0 Å². The summed E-state index contributed by atoms with van der Waals surface area (Å²) in [5, 5.41) is 3.54. The molecule has 0 spiro atoms. The average molecular weight is 334 g/mol. The summed E-state index contributed by atoms with van der Waals surface area (Å²) in [6.45, 7) is 5.66. The lowest BCUT2D eigenvalue weighted by molar-refractivity contribution is 0.335. The quantitative estimate of drug-likeness (QED) is 0.827. The van der Waals surface area contributed by atoms with Crippen molar-refractivity contribution < 1.29 is 4.74 Å². The van der Waals surface area contributed by atoms with Crippen LogP contribution in [0.2, 0.25) is 0 Å². The van der Waals surface area contributed by atoms with Crippen LogP contribution in [0, 0.1) is 0 Å². The van der Waals surface area contributed by atoms with Crippen LogP contribution in [0.1, 0.15) is 31.0 Å². The molecule has 20 heavy (non-hydrogen) atoms. The first-order valence-electron chi connectivity index (χ1n) is 6.91. The van der Waals surface area contributed by atoms with Crippen molar-refractivity contribution in [3.8, 4) is 5.75 Å². The van der Waals surface area contributed by atoms with Gasteiger partial charge in [0.15, 0.2) is 0 Å². The minimum Gasteiger partial charge on any atom is -0.494 e. The molecule has 0 aromatic heterocycles. The molecule has 0 aliphatic rings. The molecule has 0 bridgehead atoms. The second-order valence-electron chi connectivity index (χ2n) is 4.66. The summed E-state index contributed by atoms with van der Waals surface area (Å²) >= 11 is 3.60. The van der Waals surface area contributed by atoms with Crippen molar-refractivity contribution in [1.29, 1.82) is 0 Å². The average Bonchev–Trinajstić information content (AvgIpc) is 2.47. The number of halogens is 1. The van der Waals surface area contributed by atoms with Crippen molar-refractivity contribution in [2.75, 3.05) is 6.61 Å². The van der Waals surface area contributed by atoms with Gasteiger partial charge in [0.25, 0.3) is 0 Å². The first-order chi connectivity index (χ1) is 9.72. The lowest BCUT2D eigenvalue weighted by Crippen LogP contribution is -2.19. The Labute approximate surface area is 129 Å². The lowest BCUT2D eigenvalue weighted by atomic mass is 10.1. The number of rotatable bonds is 6. The highest BCUT2D eigenvalue weighted by molar-refractivity contribution is 9.10. The maximum absolute atomic E-state index is 5.65. The normalized spacial score (nSPS) is 12.2. The Balaban J connectivity index is 2.04. The molecule has 2 aromatic carbocycles. The third kappa shape index (κ3) is 3.84. The monoisotopic (exact) mass is 333 g/mol. The number of nitrogens with one attached hydrogen (secondary N) is 1. The van der Waals surface area contributed by atoms with E-state index >= 15 is 0 Å². The minimum absolute atomic E-state index is 0.278. The summed E-state index contributed by atoms with van der Waals surface area (Å²) in [6.07, 6.45) is 0. The van der Waals surface area contributed by atoms with Crippen LogP contribution in [-0.2, 0) is 6.54 Å². The van der Waals surface area contributed by atoms with Crippen LogP contribution in [0.5, 0.6) is 5.75 Å². The fraction of sp³-hybridized carbons (Fsp3) is 0.294. The molecule has 2 rings (SSSR count). The molecule has 0 aliphatic carbocycles. The Morgan fingerprint density at radius 3 is 2.55 bits per heavy atom. The van der Waals surface area contributed by atoms with Crippen LogP contribution in [0.15, 0.2) is 53.0 Å². The Kier molecular flexibility index (Phi) is 5.62. The van der Waals surface area contributed by atoms with Crippen LogP contribution >= 0.6 is 15.9 Å². The second kappa shape index (κ2) is 7.46. The van der Waals surface area contributed by atoms with Gasteiger partial charge in [0.2, 0.25) is 0 Å². The molecular weight excluding hydrogens is 314 g/mol. The van der Waals surface area contributed by atoms with E-state index in [1.165, 1.54) is 11.1 Å². The highest BCUT2D eigenvalue weighted by atomic mass is 79.9. The second-order valence-corrected chi connectivity index (χ2v) is 5.52. The molecule has 0 heterocycles. The molecule has 0 fully saturated rings. The zero-order chi connectivity index (χ0) is 14.4. The molecule has 0 amide bonds. The number of ether oxygens (including phenoxy) is 1. The highest BCUT2D eigenvalue weighted by Gasteiger charge is 2.09. The van der Waals surface area contributed by atoms with E-state index in [0.717, 1.165) is 16.8 Å². The van der Waals surface area contributed by atoms with Crippen molar-refractivity contribution in [2.24, 2.45) is 0 Å². The number of hydrogen-bond donors (Lipinski definition) is 1. The van der Waals surface area contributed by atoms with Gasteiger partial charge in [-0.2, -0.15) is 0 Å². The van der Waals surface area contributed by atoms with E-state index < -0.39 is 0 Å². The molecule has 2 nitrogen and oxygen atoms in total. The maximum atomic E-state index is 5.65. The first kappa shape index (κ1) is 15.1. The van der Waals surface area contributed by atoms with E-state index in [9.17, 15) is 0 Å². The van der Waals surface area contributed by atoms with E-state index in [2.05, 4.69) is 52.4 Å². The van der Waals surface area contributed by atoms with Crippen LogP contribution < -0.4 is 10.1 Å². The van der Waals surface area contributed by atoms with Gasteiger partial charge in [-0.3, -0.25) is 0 Å². The highest BCUT2D eigenvalue weighted by Crippen LogP contribution is 2.24. The summed E-state index contributed by atoms with van der Waals surface area (Å²) in [5.74, 6) is 0.960. The molecule has 0 unspecified atom stereocenters. The molecule has 1 atom stereocenters. The molecule has 106 valence electrons. The molecule has 1 N–H and O–H groups in total. The van der Waals surface area contributed by atoms with Crippen molar-refractivity contribution in [1.82, 2.24) is 5.32 Å². The first-order valence-corrected chi connectivity index (χ1v) is 7.70. The molecule has 3 heteroatoms. The molecular formula is C17H20BrNO. The summed E-state index contributed by atoms with van der Waals surface area (Å²) in [5.41, 5.74) is 2.45. The predicted octanol–water partition coefficient (Wildman–Crippen LogP) is 4.70. The Hall–Kier alpha value is -1.32. The summed E-state index contributed by atoms with van der Waals surface area (Å²) in [4.78, 5) is 0. The zero-order valence-corrected chi connectivity index (χ0v) is 13.5. The van der Waals surface area contributed by atoms with E-state index in [0.29, 0.717) is 6.61 Å². The Morgan fingerprint density at radius 2 is 1.80 bits per heavy atom. The Bertz CT molecular complexity index is 556. The summed E-state index contributed by atoms with van der Waals surface area (Å²) in [7, 11) is 0. The topological polar surface area (TPSA) is 21.3 Å². The van der Waals surface area contributed by atoms with E-state index in [1.54, 1.807) is 0 Å². The number of benzene rings is 2.